The lowest BCUT2D eigenvalue weighted by molar-refractivity contribution is 0.0946. The van der Waals surface area contributed by atoms with E-state index in [0.29, 0.717) is 18.0 Å². The molecule has 0 radical (unpaired) electrons. The summed E-state index contributed by atoms with van der Waals surface area (Å²) in [6.45, 7) is 0.298. The second-order valence-corrected chi connectivity index (χ2v) is 4.12. The van der Waals surface area contributed by atoms with Gasteiger partial charge in [0.2, 0.25) is 0 Å². The van der Waals surface area contributed by atoms with E-state index in [2.05, 4.69) is 10.3 Å². The first kappa shape index (κ1) is 13.8. The van der Waals surface area contributed by atoms with Gasteiger partial charge in [0.1, 0.15) is 17.3 Å². The number of nitrogen functional groups attached to an aromatic ring is 1. The Balaban J connectivity index is 1.99. The van der Waals surface area contributed by atoms with Crippen LogP contribution in [0.4, 0.5) is 10.1 Å². The molecule has 0 aliphatic heterocycles. The zero-order chi connectivity index (χ0) is 14.5. The van der Waals surface area contributed by atoms with Gasteiger partial charge in [0, 0.05) is 6.54 Å². The largest absolute Gasteiger partial charge is 0.495 e. The molecule has 1 heterocycles. The maximum absolute atomic E-state index is 12.7. The number of ether oxygens (including phenoxy) is 1. The summed E-state index contributed by atoms with van der Waals surface area (Å²) in [5.41, 5.74) is 7.27. The predicted octanol–water partition coefficient (Wildman–Crippen LogP) is 1.74. The van der Waals surface area contributed by atoms with Gasteiger partial charge in [-0.2, -0.15) is 0 Å². The Morgan fingerprint density at radius 3 is 2.80 bits per heavy atom. The van der Waals surface area contributed by atoms with Gasteiger partial charge in [0.15, 0.2) is 0 Å². The Bertz CT molecular complexity index is 614. The molecule has 0 saturated carbocycles. The van der Waals surface area contributed by atoms with Crippen molar-refractivity contribution in [3.8, 4) is 5.75 Å². The Hall–Kier alpha value is -2.63. The minimum Gasteiger partial charge on any atom is -0.495 e. The number of hydrogen-bond acceptors (Lipinski definition) is 4. The molecular weight excluding hydrogens is 261 g/mol. The van der Waals surface area contributed by atoms with Crippen LogP contribution in [0.15, 0.2) is 36.5 Å². The lowest BCUT2D eigenvalue weighted by atomic mass is 10.2. The molecule has 6 heteroatoms. The van der Waals surface area contributed by atoms with E-state index in [4.69, 9.17) is 10.5 Å². The second kappa shape index (κ2) is 6.01. The fourth-order valence-electron chi connectivity index (χ4n) is 1.68. The molecule has 104 valence electrons. The molecule has 0 aliphatic rings. The third-order valence-electron chi connectivity index (χ3n) is 2.71. The van der Waals surface area contributed by atoms with Crippen LogP contribution in [-0.2, 0) is 6.54 Å². The minimum atomic E-state index is -0.482. The van der Waals surface area contributed by atoms with E-state index in [1.54, 1.807) is 18.2 Å². The van der Waals surface area contributed by atoms with Crippen LogP contribution < -0.4 is 15.8 Å². The van der Waals surface area contributed by atoms with Crippen LogP contribution in [0.1, 0.15) is 16.1 Å². The van der Waals surface area contributed by atoms with Crippen LogP contribution in [0.5, 0.6) is 5.75 Å². The van der Waals surface area contributed by atoms with Crippen LogP contribution in [0, 0.1) is 5.82 Å². The van der Waals surface area contributed by atoms with Crippen molar-refractivity contribution < 1.29 is 13.9 Å². The van der Waals surface area contributed by atoms with Crippen LogP contribution >= 0.6 is 0 Å². The van der Waals surface area contributed by atoms with Gasteiger partial charge in [-0.25, -0.2) is 9.37 Å². The quantitative estimate of drug-likeness (QED) is 0.833. The van der Waals surface area contributed by atoms with E-state index in [1.807, 2.05) is 0 Å². The van der Waals surface area contributed by atoms with Gasteiger partial charge in [0.05, 0.1) is 19.0 Å². The highest BCUT2D eigenvalue weighted by Gasteiger charge is 2.07. The van der Waals surface area contributed by atoms with Crippen LogP contribution in [0.2, 0.25) is 0 Å². The summed E-state index contributed by atoms with van der Waals surface area (Å²) < 4.78 is 17.7. The average molecular weight is 275 g/mol. The van der Waals surface area contributed by atoms with Crippen molar-refractivity contribution in [3.05, 3.63) is 53.6 Å². The molecule has 2 rings (SSSR count). The molecule has 0 saturated heterocycles. The normalized spacial score (nSPS) is 10.1. The summed E-state index contributed by atoms with van der Waals surface area (Å²) in [4.78, 5) is 15.5. The van der Waals surface area contributed by atoms with Crippen LogP contribution in [0.3, 0.4) is 0 Å². The number of methoxy groups -OCH3 is 1. The lowest BCUT2D eigenvalue weighted by Crippen LogP contribution is -2.23. The SMILES string of the molecule is COc1ccc(CNC(=O)c2ccc(F)cn2)cc1N. The molecule has 3 N–H and O–H groups in total. The number of benzene rings is 1. The summed E-state index contributed by atoms with van der Waals surface area (Å²) in [5.74, 6) is -0.274. The van der Waals surface area contributed by atoms with Gasteiger partial charge in [-0.3, -0.25) is 4.79 Å². The van der Waals surface area contributed by atoms with E-state index in [0.717, 1.165) is 11.8 Å². The van der Waals surface area contributed by atoms with Crippen molar-refractivity contribution in [2.45, 2.75) is 6.54 Å². The molecule has 1 amide bonds. The van der Waals surface area contributed by atoms with Crippen molar-refractivity contribution in [1.29, 1.82) is 0 Å². The number of anilines is 1. The van der Waals surface area contributed by atoms with E-state index in [-0.39, 0.29) is 11.6 Å². The second-order valence-electron chi connectivity index (χ2n) is 4.12. The zero-order valence-corrected chi connectivity index (χ0v) is 10.9. The number of pyridine rings is 1. The highest BCUT2D eigenvalue weighted by Crippen LogP contribution is 2.21. The zero-order valence-electron chi connectivity index (χ0n) is 10.9. The number of amides is 1. The van der Waals surface area contributed by atoms with Crippen molar-refractivity contribution in [2.75, 3.05) is 12.8 Å². The first-order chi connectivity index (χ1) is 9.60. The van der Waals surface area contributed by atoms with Crippen LogP contribution in [-0.4, -0.2) is 18.0 Å². The number of halogens is 1. The fourth-order valence-corrected chi connectivity index (χ4v) is 1.68. The Morgan fingerprint density at radius 1 is 1.40 bits per heavy atom. The summed E-state index contributed by atoms with van der Waals surface area (Å²) in [5, 5.41) is 2.68. The molecule has 2 aromatic rings. The molecular formula is C14H14FN3O2. The number of carbonyl (C=O) groups excluding carboxylic acids is 1. The monoisotopic (exact) mass is 275 g/mol. The number of hydrogen-bond donors (Lipinski definition) is 2. The Morgan fingerprint density at radius 2 is 2.20 bits per heavy atom. The molecule has 0 unspecified atom stereocenters. The Labute approximate surface area is 115 Å². The summed E-state index contributed by atoms with van der Waals surface area (Å²) in [6.07, 6.45) is 1.00. The molecule has 0 fully saturated rings. The van der Waals surface area contributed by atoms with Crippen molar-refractivity contribution in [2.24, 2.45) is 0 Å². The molecule has 1 aromatic heterocycles. The average Bonchev–Trinajstić information content (AvgIpc) is 2.45. The predicted molar refractivity (Wildman–Crippen MR) is 72.8 cm³/mol. The smallest absolute Gasteiger partial charge is 0.270 e. The van der Waals surface area contributed by atoms with E-state index >= 15 is 0 Å². The molecule has 0 atom stereocenters. The van der Waals surface area contributed by atoms with Crippen LogP contribution in [0.25, 0.3) is 0 Å². The van der Waals surface area contributed by atoms with Gasteiger partial charge in [-0.05, 0) is 29.8 Å². The number of nitrogens with one attached hydrogen (secondary N) is 1. The van der Waals surface area contributed by atoms with Gasteiger partial charge < -0.3 is 15.8 Å². The van der Waals surface area contributed by atoms with Gasteiger partial charge in [-0.15, -0.1) is 0 Å². The summed E-state index contributed by atoms with van der Waals surface area (Å²) in [7, 11) is 1.54. The van der Waals surface area contributed by atoms with Gasteiger partial charge in [0.25, 0.3) is 5.91 Å². The van der Waals surface area contributed by atoms with E-state index in [1.165, 1.54) is 19.2 Å². The number of nitrogens with two attached hydrogens (primary N) is 1. The molecule has 0 bridgehead atoms. The van der Waals surface area contributed by atoms with E-state index < -0.39 is 5.82 Å². The molecule has 0 spiro atoms. The maximum atomic E-state index is 12.7. The standard InChI is InChI=1S/C14H14FN3O2/c1-20-13-5-2-9(6-11(13)16)7-18-14(19)12-4-3-10(15)8-17-12/h2-6,8H,7,16H2,1H3,(H,18,19). The minimum absolute atomic E-state index is 0.160. The third kappa shape index (κ3) is 3.23. The number of rotatable bonds is 4. The van der Waals surface area contributed by atoms with Crippen molar-refractivity contribution >= 4 is 11.6 Å². The summed E-state index contributed by atoms with van der Waals surface area (Å²) in [6, 6.07) is 7.76. The number of aromatic nitrogens is 1. The summed E-state index contributed by atoms with van der Waals surface area (Å²) >= 11 is 0. The lowest BCUT2D eigenvalue weighted by Gasteiger charge is -2.08. The highest BCUT2D eigenvalue weighted by molar-refractivity contribution is 5.92. The van der Waals surface area contributed by atoms with Crippen molar-refractivity contribution in [3.63, 3.8) is 0 Å². The molecule has 0 aliphatic carbocycles. The molecule has 5 nitrogen and oxygen atoms in total. The van der Waals surface area contributed by atoms with E-state index in [9.17, 15) is 9.18 Å². The topological polar surface area (TPSA) is 77.2 Å². The van der Waals surface area contributed by atoms with Gasteiger partial charge >= 0.3 is 0 Å². The number of nitrogens with zero attached hydrogens (tertiary/aromatic N) is 1. The first-order valence-corrected chi connectivity index (χ1v) is 5.92. The number of carbonyl (C=O) groups is 1. The first-order valence-electron chi connectivity index (χ1n) is 5.92. The maximum Gasteiger partial charge on any atom is 0.270 e. The fraction of sp³-hybridized carbons (Fsp3) is 0.143. The van der Waals surface area contributed by atoms with Crippen molar-refractivity contribution in [1.82, 2.24) is 10.3 Å². The molecule has 1 aromatic carbocycles. The highest BCUT2D eigenvalue weighted by atomic mass is 19.1. The molecule has 20 heavy (non-hydrogen) atoms. The third-order valence-corrected chi connectivity index (χ3v) is 2.71. The van der Waals surface area contributed by atoms with Gasteiger partial charge in [-0.1, -0.05) is 6.07 Å². The Kier molecular flexibility index (Phi) is 4.14.